The topological polar surface area (TPSA) is 48.0 Å². The van der Waals surface area contributed by atoms with Crippen molar-refractivity contribution >= 4 is 11.6 Å². The second kappa shape index (κ2) is 5.97. The zero-order valence-electron chi connectivity index (χ0n) is 12.5. The summed E-state index contributed by atoms with van der Waals surface area (Å²) in [6, 6.07) is 13.0. The van der Waals surface area contributed by atoms with Crippen molar-refractivity contribution in [3.63, 3.8) is 0 Å². The van der Waals surface area contributed by atoms with Crippen molar-refractivity contribution in [1.82, 2.24) is 0 Å². The van der Waals surface area contributed by atoms with Crippen molar-refractivity contribution < 1.29 is 19.0 Å². The first-order chi connectivity index (χ1) is 10.7. The average Bonchev–Trinajstić information content (AvgIpc) is 3.01. The number of benzene rings is 2. The maximum absolute atomic E-state index is 12.4. The minimum Gasteiger partial charge on any atom is -0.497 e. The number of amides is 1. The van der Waals surface area contributed by atoms with Gasteiger partial charge in [-0.3, -0.25) is 4.79 Å². The summed E-state index contributed by atoms with van der Waals surface area (Å²) < 4.78 is 15.8. The number of methoxy groups -OCH3 is 1. The van der Waals surface area contributed by atoms with Crippen LogP contribution in [-0.2, 0) is 11.2 Å². The predicted octanol–water partition coefficient (Wildman–Crippen LogP) is 2.63. The van der Waals surface area contributed by atoms with Crippen molar-refractivity contribution in [2.24, 2.45) is 0 Å². The zero-order valence-corrected chi connectivity index (χ0v) is 12.5. The van der Waals surface area contributed by atoms with E-state index in [1.165, 1.54) is 0 Å². The van der Waals surface area contributed by atoms with E-state index in [-0.39, 0.29) is 12.7 Å². The zero-order chi connectivity index (χ0) is 15.5. The van der Waals surface area contributed by atoms with Gasteiger partial charge in [-0.2, -0.15) is 0 Å². The standard InChI is InChI=1S/C17H17NO4/c1-18(13-6-7-15-16(10-13)22-11-21-15)17(19)9-12-4-3-5-14(8-12)20-2/h3-8,10H,9,11H2,1-2H3. The van der Waals surface area contributed by atoms with Gasteiger partial charge in [0.05, 0.1) is 13.5 Å². The van der Waals surface area contributed by atoms with Crippen LogP contribution in [0, 0.1) is 0 Å². The summed E-state index contributed by atoms with van der Waals surface area (Å²) in [7, 11) is 3.36. The van der Waals surface area contributed by atoms with Crippen LogP contribution in [0.4, 0.5) is 5.69 Å². The van der Waals surface area contributed by atoms with Crippen LogP contribution in [0.1, 0.15) is 5.56 Å². The van der Waals surface area contributed by atoms with Crippen LogP contribution < -0.4 is 19.1 Å². The Morgan fingerprint density at radius 3 is 2.82 bits per heavy atom. The SMILES string of the molecule is COc1cccc(CC(=O)N(C)c2ccc3c(c2)OCO3)c1. The van der Waals surface area contributed by atoms with Gasteiger partial charge in [0, 0.05) is 18.8 Å². The van der Waals surface area contributed by atoms with Crippen LogP contribution >= 0.6 is 0 Å². The van der Waals surface area contributed by atoms with Crippen LogP contribution in [0.15, 0.2) is 42.5 Å². The van der Waals surface area contributed by atoms with Crippen LogP contribution in [0.25, 0.3) is 0 Å². The molecule has 114 valence electrons. The minimum atomic E-state index is -0.00730. The van der Waals surface area contributed by atoms with E-state index in [2.05, 4.69) is 0 Å². The van der Waals surface area contributed by atoms with Gasteiger partial charge in [-0.1, -0.05) is 12.1 Å². The first kappa shape index (κ1) is 14.3. The van der Waals surface area contributed by atoms with Gasteiger partial charge in [0.1, 0.15) is 5.75 Å². The summed E-state index contributed by atoms with van der Waals surface area (Å²) in [4.78, 5) is 14.0. The Labute approximate surface area is 129 Å². The normalized spacial score (nSPS) is 12.1. The molecule has 0 atom stereocenters. The molecule has 1 aliphatic rings. The van der Waals surface area contributed by atoms with E-state index >= 15 is 0 Å². The van der Waals surface area contributed by atoms with E-state index in [0.717, 1.165) is 17.0 Å². The molecule has 3 rings (SSSR count). The predicted molar refractivity (Wildman–Crippen MR) is 82.7 cm³/mol. The fourth-order valence-electron chi connectivity index (χ4n) is 2.31. The molecular weight excluding hydrogens is 282 g/mol. The number of nitrogens with zero attached hydrogens (tertiary/aromatic N) is 1. The Balaban J connectivity index is 1.74. The van der Waals surface area contributed by atoms with Crippen molar-refractivity contribution in [1.29, 1.82) is 0 Å². The lowest BCUT2D eigenvalue weighted by atomic mass is 10.1. The smallest absolute Gasteiger partial charge is 0.231 e. The molecule has 0 spiro atoms. The van der Waals surface area contributed by atoms with Gasteiger partial charge in [-0.05, 0) is 29.8 Å². The number of ether oxygens (including phenoxy) is 3. The molecule has 1 aliphatic heterocycles. The van der Waals surface area contributed by atoms with Crippen LogP contribution in [0.2, 0.25) is 0 Å². The summed E-state index contributed by atoms with van der Waals surface area (Å²) in [5.41, 5.74) is 1.69. The minimum absolute atomic E-state index is 0.00730. The third-order valence-corrected chi connectivity index (χ3v) is 3.61. The van der Waals surface area contributed by atoms with E-state index in [1.54, 1.807) is 19.1 Å². The highest BCUT2D eigenvalue weighted by Crippen LogP contribution is 2.35. The molecule has 0 aliphatic carbocycles. The van der Waals surface area contributed by atoms with E-state index in [4.69, 9.17) is 14.2 Å². The van der Waals surface area contributed by atoms with Gasteiger partial charge in [-0.25, -0.2) is 0 Å². The van der Waals surface area contributed by atoms with Crippen LogP contribution in [-0.4, -0.2) is 26.9 Å². The highest BCUT2D eigenvalue weighted by molar-refractivity contribution is 5.94. The number of rotatable bonds is 4. The Morgan fingerprint density at radius 1 is 1.18 bits per heavy atom. The maximum Gasteiger partial charge on any atom is 0.231 e. The second-order valence-corrected chi connectivity index (χ2v) is 5.02. The van der Waals surface area contributed by atoms with E-state index < -0.39 is 0 Å². The molecule has 0 radical (unpaired) electrons. The molecule has 2 aromatic carbocycles. The molecule has 0 saturated carbocycles. The number of carbonyl (C=O) groups excluding carboxylic acids is 1. The average molecular weight is 299 g/mol. The van der Waals surface area contributed by atoms with Crippen LogP contribution in [0.5, 0.6) is 17.2 Å². The van der Waals surface area contributed by atoms with Gasteiger partial charge in [0.25, 0.3) is 0 Å². The van der Waals surface area contributed by atoms with Gasteiger partial charge in [0.15, 0.2) is 11.5 Å². The number of anilines is 1. The monoisotopic (exact) mass is 299 g/mol. The molecule has 0 bridgehead atoms. The summed E-state index contributed by atoms with van der Waals surface area (Å²) in [5, 5.41) is 0. The number of hydrogen-bond acceptors (Lipinski definition) is 4. The number of carbonyl (C=O) groups is 1. The van der Waals surface area contributed by atoms with Crippen molar-refractivity contribution in [3.8, 4) is 17.2 Å². The Bertz CT molecular complexity index is 699. The number of fused-ring (bicyclic) bond motifs is 1. The first-order valence-corrected chi connectivity index (χ1v) is 6.96. The highest BCUT2D eigenvalue weighted by atomic mass is 16.7. The molecule has 0 fully saturated rings. The molecule has 0 aromatic heterocycles. The fourth-order valence-corrected chi connectivity index (χ4v) is 2.31. The molecule has 0 saturated heterocycles. The first-order valence-electron chi connectivity index (χ1n) is 6.96. The van der Waals surface area contributed by atoms with Crippen molar-refractivity contribution in [2.75, 3.05) is 25.9 Å². The fraction of sp³-hybridized carbons (Fsp3) is 0.235. The van der Waals surface area contributed by atoms with Gasteiger partial charge < -0.3 is 19.1 Å². The summed E-state index contributed by atoms with van der Waals surface area (Å²) >= 11 is 0. The molecule has 0 unspecified atom stereocenters. The lowest BCUT2D eigenvalue weighted by Gasteiger charge is -2.18. The number of hydrogen-bond donors (Lipinski definition) is 0. The number of likely N-dealkylation sites (N-methyl/N-ethyl adjacent to an activating group) is 1. The Kier molecular flexibility index (Phi) is 3.87. The quantitative estimate of drug-likeness (QED) is 0.871. The lowest BCUT2D eigenvalue weighted by Crippen LogP contribution is -2.27. The molecular formula is C17H17NO4. The summed E-state index contributed by atoms with van der Waals surface area (Å²) in [6.45, 7) is 0.222. The Hall–Kier alpha value is -2.69. The van der Waals surface area contributed by atoms with Gasteiger partial charge in [0.2, 0.25) is 12.7 Å². The maximum atomic E-state index is 12.4. The van der Waals surface area contributed by atoms with E-state index in [0.29, 0.717) is 17.9 Å². The summed E-state index contributed by atoms with van der Waals surface area (Å²) in [5.74, 6) is 2.11. The van der Waals surface area contributed by atoms with Crippen molar-refractivity contribution in [3.05, 3.63) is 48.0 Å². The molecule has 1 heterocycles. The van der Waals surface area contributed by atoms with Crippen molar-refractivity contribution in [2.45, 2.75) is 6.42 Å². The largest absolute Gasteiger partial charge is 0.497 e. The van der Waals surface area contributed by atoms with Crippen LogP contribution in [0.3, 0.4) is 0 Å². The van der Waals surface area contributed by atoms with E-state index in [9.17, 15) is 4.79 Å². The molecule has 5 nitrogen and oxygen atoms in total. The highest BCUT2D eigenvalue weighted by Gasteiger charge is 2.17. The molecule has 5 heteroatoms. The van der Waals surface area contributed by atoms with E-state index in [1.807, 2.05) is 42.5 Å². The third kappa shape index (κ3) is 2.83. The van der Waals surface area contributed by atoms with Gasteiger partial charge in [-0.15, -0.1) is 0 Å². The molecule has 22 heavy (non-hydrogen) atoms. The third-order valence-electron chi connectivity index (χ3n) is 3.61. The molecule has 0 N–H and O–H groups in total. The Morgan fingerprint density at radius 2 is 2.00 bits per heavy atom. The lowest BCUT2D eigenvalue weighted by molar-refractivity contribution is -0.117. The van der Waals surface area contributed by atoms with Gasteiger partial charge >= 0.3 is 0 Å². The molecule has 2 aromatic rings. The molecule has 1 amide bonds. The summed E-state index contributed by atoms with van der Waals surface area (Å²) in [6.07, 6.45) is 0.308. The second-order valence-electron chi connectivity index (χ2n) is 5.02.